The molecule has 0 saturated carbocycles. The molecule has 5 heteroatoms. The summed E-state index contributed by atoms with van der Waals surface area (Å²) in [5.74, 6) is 0.942. The van der Waals surface area contributed by atoms with E-state index in [4.69, 9.17) is 9.40 Å². The second-order valence-electron chi connectivity index (χ2n) is 14.0. The fourth-order valence-corrected chi connectivity index (χ4v) is 7.33. The van der Waals surface area contributed by atoms with Crippen molar-refractivity contribution in [2.45, 2.75) is 93.9 Å². The smallest absolute Gasteiger partial charge is 0.162 e. The minimum absolute atomic E-state index is 0. The summed E-state index contributed by atoms with van der Waals surface area (Å²) in [6.45, 7) is 19.1. The van der Waals surface area contributed by atoms with Crippen LogP contribution in [0.1, 0.15) is 95.4 Å². The number of aryl methyl sites for hydroxylation is 3. The zero-order chi connectivity index (χ0) is 36.1. The van der Waals surface area contributed by atoms with Gasteiger partial charge in [-0.05, 0) is 92.8 Å². The monoisotopic (exact) mass is 859 g/mol. The number of ketones is 1. The minimum Gasteiger partial charge on any atom is -0.512 e. The van der Waals surface area contributed by atoms with Crippen molar-refractivity contribution in [3.05, 3.63) is 113 Å². The SMILES string of the molecule is CCC(CC)C(=O)/C=C(\O)C(CC)CC.Cc1cc(C)c(-c2ccc3c(c2)oc2c(-c4[c-]c5ccccc5c(C(C)C)c4)nccc23)c(C)c1.[Ir]. The molecule has 6 rings (SSSR count). The first-order chi connectivity index (χ1) is 24.0. The Kier molecular flexibility index (Phi) is 13.6. The Balaban J connectivity index is 0.000000312. The minimum atomic E-state index is 0. The summed E-state index contributed by atoms with van der Waals surface area (Å²) < 4.78 is 6.53. The molecule has 1 radical (unpaired) electrons. The molecule has 0 aliphatic rings. The van der Waals surface area contributed by atoms with E-state index in [1.54, 1.807) is 0 Å². The number of nitrogens with zero attached hydrogens (tertiary/aromatic N) is 1. The van der Waals surface area contributed by atoms with E-state index in [9.17, 15) is 9.90 Å². The maximum atomic E-state index is 11.7. The van der Waals surface area contributed by atoms with E-state index in [-0.39, 0.29) is 43.5 Å². The summed E-state index contributed by atoms with van der Waals surface area (Å²) in [5, 5.41) is 14.3. The quantitative estimate of drug-likeness (QED) is 0.0847. The van der Waals surface area contributed by atoms with Crippen molar-refractivity contribution in [1.29, 1.82) is 0 Å². The number of benzene rings is 4. The Morgan fingerprint density at radius 2 is 1.47 bits per heavy atom. The second kappa shape index (κ2) is 17.4. The fraction of sp³-hybridized carbons (Fsp3) is 0.348. The number of allylic oxidation sites excluding steroid dienone is 2. The third kappa shape index (κ3) is 8.54. The van der Waals surface area contributed by atoms with Gasteiger partial charge < -0.3 is 9.52 Å². The van der Waals surface area contributed by atoms with E-state index in [1.807, 2.05) is 33.9 Å². The average Bonchev–Trinajstić information content (AvgIpc) is 3.47. The first kappa shape index (κ1) is 39.7. The zero-order valence-electron chi connectivity index (χ0n) is 31.6. The molecule has 0 saturated heterocycles. The molecule has 0 bridgehead atoms. The summed E-state index contributed by atoms with van der Waals surface area (Å²) in [7, 11) is 0. The number of aromatic nitrogens is 1. The van der Waals surface area contributed by atoms with Gasteiger partial charge in [-0.3, -0.25) is 9.78 Å². The van der Waals surface area contributed by atoms with Crippen LogP contribution in [0.15, 0.2) is 89.2 Å². The molecule has 0 amide bonds. The van der Waals surface area contributed by atoms with Gasteiger partial charge in [-0.1, -0.05) is 94.5 Å². The second-order valence-corrected chi connectivity index (χ2v) is 14.0. The maximum absolute atomic E-state index is 11.7. The molecular formula is C46H52IrNO3-. The van der Waals surface area contributed by atoms with Crippen molar-refractivity contribution in [3.63, 3.8) is 0 Å². The predicted octanol–water partition coefficient (Wildman–Crippen LogP) is 13.2. The molecule has 0 spiro atoms. The van der Waals surface area contributed by atoms with Gasteiger partial charge in [0.1, 0.15) is 11.2 Å². The summed E-state index contributed by atoms with van der Waals surface area (Å²) in [6.07, 6.45) is 6.79. The number of aliphatic hydroxyl groups excluding tert-OH is 1. The van der Waals surface area contributed by atoms with Crippen LogP contribution >= 0.6 is 0 Å². The number of pyridine rings is 1. The van der Waals surface area contributed by atoms with Gasteiger partial charge in [-0.25, -0.2) is 0 Å². The number of furan rings is 1. The molecule has 4 aromatic carbocycles. The molecule has 0 aliphatic carbocycles. The first-order valence-corrected chi connectivity index (χ1v) is 18.3. The molecule has 2 heterocycles. The number of hydrogen-bond donors (Lipinski definition) is 1. The fourth-order valence-electron chi connectivity index (χ4n) is 7.33. The topological polar surface area (TPSA) is 63.3 Å². The van der Waals surface area contributed by atoms with Crippen LogP contribution in [0, 0.1) is 38.7 Å². The van der Waals surface area contributed by atoms with E-state index in [2.05, 4.69) is 107 Å². The summed E-state index contributed by atoms with van der Waals surface area (Å²) in [6, 6.07) is 27.4. The Hall–Kier alpha value is -4.05. The van der Waals surface area contributed by atoms with E-state index in [0.717, 1.165) is 64.3 Å². The summed E-state index contributed by atoms with van der Waals surface area (Å²) in [4.78, 5) is 16.5. The van der Waals surface area contributed by atoms with Gasteiger partial charge in [-0.2, -0.15) is 0 Å². The number of carbonyl (C=O) groups is 1. The Morgan fingerprint density at radius 3 is 2.10 bits per heavy atom. The van der Waals surface area contributed by atoms with Crippen LogP contribution in [-0.2, 0) is 24.9 Å². The van der Waals surface area contributed by atoms with Crippen molar-refractivity contribution < 1.29 is 34.4 Å². The van der Waals surface area contributed by atoms with E-state index < -0.39 is 0 Å². The molecule has 0 atom stereocenters. The number of carbonyl (C=O) groups excluding carboxylic acids is 1. The van der Waals surface area contributed by atoms with Crippen LogP contribution < -0.4 is 0 Å². The number of fused-ring (bicyclic) bond motifs is 4. The van der Waals surface area contributed by atoms with Crippen LogP contribution in [0.5, 0.6) is 0 Å². The van der Waals surface area contributed by atoms with Crippen LogP contribution in [-0.4, -0.2) is 15.9 Å². The standard InChI is InChI=1S/C33H28NO.C13H24O2.Ir/c1-19(2)29-17-25(16-23-8-6-7-9-26(23)29)32-33-28(12-13-34-32)27-11-10-24(18-30(27)35-33)31-21(4)14-20(3)15-22(31)5;1-5-10(6-2)12(14)9-13(15)11(7-3)8-4;/h6-15,17-19H,1-5H3;9-11,14H,5-8H2,1-4H3;/q-1;;/b;12-9-;. The molecule has 6 aromatic rings. The predicted molar refractivity (Wildman–Crippen MR) is 211 cm³/mol. The van der Waals surface area contributed by atoms with E-state index in [1.165, 1.54) is 44.8 Å². The van der Waals surface area contributed by atoms with Gasteiger partial charge in [0.05, 0.1) is 5.76 Å². The molecule has 4 nitrogen and oxygen atoms in total. The van der Waals surface area contributed by atoms with Crippen molar-refractivity contribution in [1.82, 2.24) is 4.98 Å². The van der Waals surface area contributed by atoms with Gasteiger partial charge in [-0.15, -0.1) is 29.1 Å². The first-order valence-electron chi connectivity index (χ1n) is 18.3. The van der Waals surface area contributed by atoms with Crippen LogP contribution in [0.2, 0.25) is 0 Å². The van der Waals surface area contributed by atoms with Crippen molar-refractivity contribution in [2.24, 2.45) is 11.8 Å². The molecule has 2 aromatic heterocycles. The Labute approximate surface area is 317 Å². The molecular weight excluding hydrogens is 807 g/mol. The third-order valence-electron chi connectivity index (χ3n) is 10.1. The van der Waals surface area contributed by atoms with Crippen molar-refractivity contribution >= 4 is 38.5 Å². The largest absolute Gasteiger partial charge is 0.512 e. The number of rotatable bonds is 10. The zero-order valence-corrected chi connectivity index (χ0v) is 34.0. The van der Waals surface area contributed by atoms with Gasteiger partial charge in [0.2, 0.25) is 0 Å². The number of hydrogen-bond acceptors (Lipinski definition) is 4. The Morgan fingerprint density at radius 1 is 0.824 bits per heavy atom. The van der Waals surface area contributed by atoms with Gasteiger partial charge >= 0.3 is 0 Å². The van der Waals surface area contributed by atoms with E-state index >= 15 is 0 Å². The summed E-state index contributed by atoms with van der Waals surface area (Å²) >= 11 is 0. The molecule has 1 N–H and O–H groups in total. The molecule has 269 valence electrons. The van der Waals surface area contributed by atoms with Gasteiger partial charge in [0.15, 0.2) is 5.78 Å². The molecule has 0 aliphatic heterocycles. The van der Waals surface area contributed by atoms with Crippen LogP contribution in [0.25, 0.3) is 55.1 Å². The maximum Gasteiger partial charge on any atom is 0.162 e. The van der Waals surface area contributed by atoms with Gasteiger partial charge in [0, 0.05) is 60.7 Å². The molecule has 51 heavy (non-hydrogen) atoms. The van der Waals surface area contributed by atoms with Crippen LogP contribution in [0.3, 0.4) is 0 Å². The summed E-state index contributed by atoms with van der Waals surface area (Å²) in [5.41, 5.74) is 11.1. The number of aliphatic hydroxyl groups is 1. The molecule has 0 fully saturated rings. The van der Waals surface area contributed by atoms with Crippen LogP contribution in [0.4, 0.5) is 0 Å². The van der Waals surface area contributed by atoms with Crippen molar-refractivity contribution in [3.8, 4) is 22.4 Å². The van der Waals surface area contributed by atoms with Crippen molar-refractivity contribution in [2.75, 3.05) is 0 Å². The Bertz CT molecular complexity index is 2140. The third-order valence-corrected chi connectivity index (χ3v) is 10.1. The molecule has 0 unspecified atom stereocenters. The average molecular weight is 859 g/mol. The van der Waals surface area contributed by atoms with E-state index in [0.29, 0.717) is 5.92 Å². The van der Waals surface area contributed by atoms with Gasteiger partial charge in [0.25, 0.3) is 0 Å². The normalized spacial score (nSPS) is 11.8.